The van der Waals surface area contributed by atoms with Crippen LogP contribution in [0.15, 0.2) is 47.6 Å². The Labute approximate surface area is 145 Å². The van der Waals surface area contributed by atoms with Gasteiger partial charge in [-0.2, -0.15) is 5.10 Å². The van der Waals surface area contributed by atoms with E-state index >= 15 is 0 Å². The average molecular weight is 341 g/mol. The Hall–Kier alpha value is -3.02. The van der Waals surface area contributed by atoms with Crippen molar-refractivity contribution in [1.82, 2.24) is 5.43 Å². The van der Waals surface area contributed by atoms with Gasteiger partial charge >= 0.3 is 0 Å². The molecule has 0 heterocycles. The van der Waals surface area contributed by atoms with Crippen LogP contribution < -0.4 is 10.7 Å². The lowest BCUT2D eigenvalue weighted by Gasteiger charge is -2.07. The molecule has 0 saturated heterocycles. The van der Waals surface area contributed by atoms with Crippen molar-refractivity contribution in [2.75, 3.05) is 5.32 Å². The van der Waals surface area contributed by atoms with Crippen LogP contribution in [0, 0.1) is 19.7 Å². The number of benzene rings is 2. The smallest absolute Gasteiger partial charge is 0.240 e. The predicted octanol–water partition coefficient (Wildman–Crippen LogP) is 3.31. The zero-order valence-electron chi connectivity index (χ0n) is 14.2. The van der Waals surface area contributed by atoms with Gasteiger partial charge < -0.3 is 5.32 Å². The molecule has 0 radical (unpaired) electrons. The van der Waals surface area contributed by atoms with Crippen LogP contribution >= 0.6 is 0 Å². The number of anilines is 1. The molecule has 5 nitrogen and oxygen atoms in total. The van der Waals surface area contributed by atoms with Crippen LogP contribution in [-0.4, -0.2) is 18.0 Å². The first-order chi connectivity index (χ1) is 11.9. The number of amides is 2. The molecular formula is C19H20FN3O2. The molecule has 0 unspecified atom stereocenters. The number of nitrogens with one attached hydrogen (secondary N) is 2. The Morgan fingerprint density at radius 2 is 1.68 bits per heavy atom. The highest BCUT2D eigenvalue weighted by Gasteiger charge is 2.07. The maximum Gasteiger partial charge on any atom is 0.240 e. The third-order valence-electron chi connectivity index (χ3n) is 3.64. The summed E-state index contributed by atoms with van der Waals surface area (Å²) in [6.07, 6.45) is 1.49. The van der Waals surface area contributed by atoms with Gasteiger partial charge in [0.25, 0.3) is 0 Å². The van der Waals surface area contributed by atoms with Crippen molar-refractivity contribution in [2.24, 2.45) is 5.10 Å². The second-order valence-electron chi connectivity index (χ2n) is 5.69. The van der Waals surface area contributed by atoms with Gasteiger partial charge in [-0.25, -0.2) is 9.82 Å². The summed E-state index contributed by atoms with van der Waals surface area (Å²) in [5.74, 6) is -0.939. The second-order valence-corrected chi connectivity index (χ2v) is 5.69. The summed E-state index contributed by atoms with van der Waals surface area (Å²) in [6.45, 7) is 3.97. The third-order valence-corrected chi connectivity index (χ3v) is 3.64. The normalized spacial score (nSPS) is 10.7. The minimum atomic E-state index is -0.367. The van der Waals surface area contributed by atoms with Crippen LogP contribution in [0.3, 0.4) is 0 Å². The Morgan fingerprint density at radius 1 is 1.00 bits per heavy atom. The van der Waals surface area contributed by atoms with Crippen molar-refractivity contribution in [2.45, 2.75) is 26.7 Å². The number of halogens is 1. The molecule has 6 heteroatoms. The van der Waals surface area contributed by atoms with Crippen molar-refractivity contribution in [3.8, 4) is 0 Å². The van der Waals surface area contributed by atoms with E-state index in [1.807, 2.05) is 32.0 Å². The average Bonchev–Trinajstić information content (AvgIpc) is 2.58. The zero-order chi connectivity index (χ0) is 18.2. The lowest BCUT2D eigenvalue weighted by Crippen LogP contribution is -2.20. The molecule has 0 aliphatic heterocycles. The van der Waals surface area contributed by atoms with Gasteiger partial charge in [0, 0.05) is 18.5 Å². The van der Waals surface area contributed by atoms with E-state index in [4.69, 9.17) is 0 Å². The fraction of sp³-hybridized carbons (Fsp3) is 0.211. The summed E-state index contributed by atoms with van der Waals surface area (Å²) in [7, 11) is 0. The summed E-state index contributed by atoms with van der Waals surface area (Å²) in [4.78, 5) is 23.6. The van der Waals surface area contributed by atoms with Crippen molar-refractivity contribution in [1.29, 1.82) is 0 Å². The Morgan fingerprint density at radius 3 is 2.36 bits per heavy atom. The molecule has 0 saturated carbocycles. The standard InChI is InChI=1S/C19H20FN3O2/c1-13-3-8-17(11-14(13)2)22-18(24)9-10-19(25)23-21-12-15-4-6-16(20)7-5-15/h3-8,11-12H,9-10H2,1-2H3,(H,22,24)(H,23,25)/b21-12+. The molecule has 2 N–H and O–H groups in total. The maximum absolute atomic E-state index is 12.8. The molecule has 130 valence electrons. The molecule has 2 aromatic rings. The van der Waals surface area contributed by atoms with Crippen LogP contribution in [0.25, 0.3) is 0 Å². The molecule has 0 aromatic heterocycles. The predicted molar refractivity (Wildman–Crippen MR) is 95.9 cm³/mol. The first kappa shape index (κ1) is 18.3. The first-order valence-electron chi connectivity index (χ1n) is 7.88. The lowest BCUT2D eigenvalue weighted by atomic mass is 10.1. The molecule has 0 aliphatic carbocycles. The number of nitrogens with zero attached hydrogens (tertiary/aromatic N) is 1. The molecule has 0 fully saturated rings. The van der Waals surface area contributed by atoms with Crippen LogP contribution in [-0.2, 0) is 9.59 Å². The number of carbonyl (C=O) groups is 2. The van der Waals surface area contributed by atoms with Gasteiger partial charge in [0.05, 0.1) is 6.21 Å². The summed E-state index contributed by atoms with van der Waals surface area (Å²) >= 11 is 0. The summed E-state index contributed by atoms with van der Waals surface area (Å²) in [6, 6.07) is 11.3. The number of aryl methyl sites for hydroxylation is 2. The second kappa shape index (κ2) is 8.73. The Bertz CT molecular complexity index is 786. The molecule has 2 rings (SSSR count). The fourth-order valence-corrected chi connectivity index (χ4v) is 2.05. The van der Waals surface area contributed by atoms with E-state index in [1.165, 1.54) is 18.3 Å². The van der Waals surface area contributed by atoms with Crippen LogP contribution in [0.4, 0.5) is 10.1 Å². The molecule has 25 heavy (non-hydrogen) atoms. The summed E-state index contributed by atoms with van der Waals surface area (Å²) < 4.78 is 12.8. The number of hydrogen-bond acceptors (Lipinski definition) is 3. The van der Waals surface area contributed by atoms with Crippen molar-refractivity contribution >= 4 is 23.7 Å². The van der Waals surface area contributed by atoms with Crippen molar-refractivity contribution < 1.29 is 14.0 Å². The molecule has 0 bridgehead atoms. The number of rotatable bonds is 6. The Balaban J connectivity index is 1.74. The number of hydrogen-bond donors (Lipinski definition) is 2. The van der Waals surface area contributed by atoms with Gasteiger partial charge in [-0.15, -0.1) is 0 Å². The van der Waals surface area contributed by atoms with Gasteiger partial charge in [0.1, 0.15) is 5.82 Å². The van der Waals surface area contributed by atoms with Gasteiger partial charge in [0.2, 0.25) is 11.8 Å². The lowest BCUT2D eigenvalue weighted by molar-refractivity contribution is -0.124. The van der Waals surface area contributed by atoms with E-state index in [1.54, 1.807) is 12.1 Å². The van der Waals surface area contributed by atoms with Gasteiger partial charge in [-0.3, -0.25) is 9.59 Å². The first-order valence-corrected chi connectivity index (χ1v) is 7.88. The molecule has 0 atom stereocenters. The van der Waals surface area contributed by atoms with Gasteiger partial charge in [-0.05, 0) is 54.8 Å². The highest BCUT2D eigenvalue weighted by Crippen LogP contribution is 2.14. The molecular weight excluding hydrogens is 321 g/mol. The minimum absolute atomic E-state index is 0.0252. The SMILES string of the molecule is Cc1ccc(NC(=O)CCC(=O)N/N=C/c2ccc(F)cc2)cc1C. The van der Waals surface area contributed by atoms with E-state index in [-0.39, 0.29) is 30.5 Å². The highest BCUT2D eigenvalue weighted by molar-refractivity contribution is 5.93. The highest BCUT2D eigenvalue weighted by atomic mass is 19.1. The minimum Gasteiger partial charge on any atom is -0.326 e. The van der Waals surface area contributed by atoms with Crippen LogP contribution in [0.5, 0.6) is 0 Å². The van der Waals surface area contributed by atoms with Crippen molar-refractivity contribution in [3.05, 3.63) is 65.0 Å². The molecule has 0 aliphatic rings. The Kier molecular flexibility index (Phi) is 6.39. The quantitative estimate of drug-likeness (QED) is 0.625. The monoisotopic (exact) mass is 341 g/mol. The molecule has 2 aromatic carbocycles. The van der Waals surface area contributed by atoms with Crippen LogP contribution in [0.2, 0.25) is 0 Å². The molecule has 0 spiro atoms. The van der Waals surface area contributed by atoms with E-state index in [9.17, 15) is 14.0 Å². The van der Waals surface area contributed by atoms with E-state index in [0.29, 0.717) is 11.3 Å². The van der Waals surface area contributed by atoms with Gasteiger partial charge in [0.15, 0.2) is 0 Å². The number of hydrazone groups is 1. The van der Waals surface area contributed by atoms with Crippen LogP contribution in [0.1, 0.15) is 29.5 Å². The third kappa shape index (κ3) is 6.18. The molecule has 2 amide bonds. The summed E-state index contributed by atoms with van der Waals surface area (Å²) in [5.41, 5.74) is 5.95. The zero-order valence-corrected chi connectivity index (χ0v) is 14.2. The summed E-state index contributed by atoms with van der Waals surface area (Å²) in [5, 5.41) is 6.54. The van der Waals surface area contributed by atoms with Crippen molar-refractivity contribution in [3.63, 3.8) is 0 Å². The fourth-order valence-electron chi connectivity index (χ4n) is 2.05. The van der Waals surface area contributed by atoms with E-state index in [0.717, 1.165) is 11.1 Å². The van der Waals surface area contributed by atoms with Gasteiger partial charge in [-0.1, -0.05) is 18.2 Å². The maximum atomic E-state index is 12.8. The largest absolute Gasteiger partial charge is 0.326 e. The topological polar surface area (TPSA) is 70.6 Å². The van der Waals surface area contributed by atoms with E-state index in [2.05, 4.69) is 15.8 Å². The number of carbonyl (C=O) groups excluding carboxylic acids is 2. The van der Waals surface area contributed by atoms with E-state index < -0.39 is 0 Å².